The largest absolute Gasteiger partial charge is 0.664 e. The number of pyridine rings is 3. The molecule has 1 atom stereocenters. The Morgan fingerprint density at radius 2 is 1.22 bits per heavy atom. The van der Waals surface area contributed by atoms with Gasteiger partial charge < -0.3 is 24.9 Å². The maximum absolute atomic E-state index is 12.6. The fraction of sp³-hybridized carbons (Fsp3) is 0.528. The van der Waals surface area contributed by atoms with Gasteiger partial charge in [-0.2, -0.15) is 23.5 Å². The van der Waals surface area contributed by atoms with Crippen molar-refractivity contribution in [3.8, 4) is 10.6 Å². The van der Waals surface area contributed by atoms with Crippen molar-refractivity contribution >= 4 is 50.4 Å². The van der Waals surface area contributed by atoms with Crippen molar-refractivity contribution in [1.29, 1.82) is 0 Å². The summed E-state index contributed by atoms with van der Waals surface area (Å²) in [7, 11) is 0. The molecule has 0 saturated heterocycles. The van der Waals surface area contributed by atoms with Crippen LogP contribution in [0.15, 0.2) is 134 Å². The first-order chi connectivity index (χ1) is 47.1. The Morgan fingerprint density at radius 1 is 0.608 bits per heavy atom. The zero-order valence-corrected chi connectivity index (χ0v) is 70.4. The Hall–Kier alpha value is -4.39. The van der Waals surface area contributed by atoms with Gasteiger partial charge in [-0.05, 0) is 190 Å². The molecule has 0 aliphatic heterocycles. The van der Waals surface area contributed by atoms with Crippen molar-refractivity contribution in [2.24, 2.45) is 32.5 Å². The summed E-state index contributed by atoms with van der Waals surface area (Å²) in [5, 5.41) is 12.1. The smallest absolute Gasteiger partial charge is 0.155 e. The van der Waals surface area contributed by atoms with E-state index in [0.29, 0.717) is 56.5 Å². The molecule has 560 valence electrons. The second kappa shape index (κ2) is 40.0. The summed E-state index contributed by atoms with van der Waals surface area (Å²) in [6.45, 7) is 19.4. The zero-order valence-electron chi connectivity index (χ0n) is 62.3. The third-order valence-corrected chi connectivity index (χ3v) is 25.0. The van der Waals surface area contributed by atoms with E-state index in [4.69, 9.17) is 10.1 Å². The van der Waals surface area contributed by atoms with Crippen LogP contribution in [-0.4, -0.2) is 37.4 Å². The van der Waals surface area contributed by atoms with Gasteiger partial charge in [-0.15, -0.1) is 70.4 Å². The van der Waals surface area contributed by atoms with Crippen LogP contribution in [0.5, 0.6) is 0 Å². The molecule has 0 spiro atoms. The number of aromatic nitrogens is 4. The zero-order chi connectivity index (χ0) is 69.4. The number of nitrogens with zero attached hydrogens (tertiary/aromatic N) is 4. The van der Waals surface area contributed by atoms with E-state index >= 15 is 0 Å². The summed E-state index contributed by atoms with van der Waals surface area (Å²) in [6.07, 6.45) is 46.4. The number of carbonyl (C=O) groups is 3. The summed E-state index contributed by atoms with van der Waals surface area (Å²) in [5.74, 6) is 0.741. The fourth-order valence-corrected chi connectivity index (χ4v) is 18.6. The van der Waals surface area contributed by atoms with E-state index in [1.807, 2.05) is 60.1 Å². The SMILES string of the molecule is CC(=O)C=C(C)O.CC(c1cc[c-]c(C(=O)c2ccccn2)c1)C1(C)CCCCC1.CC1(Cc2ccc(CC(=O)C3(C)CCCC3)[n-]2)CCCC1.CC1(Cc2ccnc(-c3[c-]cc(CC4(C)CCCC4)s3)c2)CCCC1.CCC1(Cc2ccnc3c2ccc2ccc[c-]c23)CCCC1.[Ir].[Ir].[Ni].[Pd]. The average molecular weight is 1880 g/mol. The van der Waals surface area contributed by atoms with Crippen LogP contribution in [0.1, 0.15) is 284 Å². The Bertz CT molecular complexity index is 3950. The summed E-state index contributed by atoms with van der Waals surface area (Å²) in [5.41, 5.74) is 11.9. The number of Topliss-reactive ketones (excluding diaryl/α,β-unsaturated/α-hetero) is 1. The molecule has 8 aromatic rings. The minimum absolute atomic E-state index is 0. The van der Waals surface area contributed by atoms with Gasteiger partial charge in [0.05, 0.1) is 11.5 Å². The van der Waals surface area contributed by atoms with Crippen molar-refractivity contribution in [2.45, 2.75) is 267 Å². The van der Waals surface area contributed by atoms with Crippen molar-refractivity contribution in [2.75, 3.05) is 0 Å². The predicted molar refractivity (Wildman–Crippen MR) is 405 cm³/mol. The van der Waals surface area contributed by atoms with Gasteiger partial charge in [0.1, 0.15) is 11.6 Å². The molecule has 6 fully saturated rings. The third-order valence-electron chi connectivity index (χ3n) is 23.9. The Morgan fingerprint density at radius 3 is 1.83 bits per heavy atom. The predicted octanol–water partition coefficient (Wildman–Crippen LogP) is 23.2. The molecule has 3 aromatic carbocycles. The number of thiophene rings is 1. The van der Waals surface area contributed by atoms with Gasteiger partial charge in [0.2, 0.25) is 0 Å². The van der Waals surface area contributed by atoms with E-state index in [2.05, 4.69) is 142 Å². The van der Waals surface area contributed by atoms with Gasteiger partial charge in [0.25, 0.3) is 0 Å². The number of carbonyl (C=O) groups excluding carboxylic acids is 3. The first-order valence-electron chi connectivity index (χ1n) is 37.7. The fourth-order valence-electron chi connectivity index (χ4n) is 17.5. The van der Waals surface area contributed by atoms with Crippen LogP contribution >= 0.6 is 11.3 Å². The molecule has 5 aromatic heterocycles. The van der Waals surface area contributed by atoms with E-state index in [9.17, 15) is 14.4 Å². The summed E-state index contributed by atoms with van der Waals surface area (Å²) < 4.78 is 0. The molecule has 8 nitrogen and oxygen atoms in total. The van der Waals surface area contributed by atoms with Crippen LogP contribution < -0.4 is 4.98 Å². The van der Waals surface area contributed by atoms with Crippen molar-refractivity contribution in [3.63, 3.8) is 0 Å². The van der Waals surface area contributed by atoms with Gasteiger partial charge in [-0.1, -0.05) is 196 Å². The molecule has 6 aliphatic carbocycles. The van der Waals surface area contributed by atoms with Gasteiger partial charge in [-0.25, -0.2) is 11.3 Å². The number of hydrogen-bond acceptors (Lipinski definition) is 8. The van der Waals surface area contributed by atoms with Crippen LogP contribution in [-0.2, 0) is 119 Å². The van der Waals surface area contributed by atoms with Crippen molar-refractivity contribution < 1.29 is 96.6 Å². The van der Waals surface area contributed by atoms with Gasteiger partial charge in [0, 0.05) is 114 Å². The van der Waals surface area contributed by atoms with E-state index in [0.717, 1.165) is 41.6 Å². The van der Waals surface area contributed by atoms with E-state index in [1.54, 1.807) is 12.3 Å². The Labute approximate surface area is 667 Å². The number of hydrogen-bond donors (Lipinski definition) is 1. The number of allylic oxidation sites excluding steroid dienone is 2. The minimum atomic E-state index is -0.125. The maximum Gasteiger partial charge on any atom is 0.155 e. The quantitative estimate of drug-likeness (QED) is 0.0225. The van der Waals surface area contributed by atoms with Crippen molar-refractivity contribution in [3.05, 3.63) is 196 Å². The first kappa shape index (κ1) is 86.5. The number of rotatable bonds is 18. The summed E-state index contributed by atoms with van der Waals surface area (Å²) in [4.78, 5) is 56.0. The molecule has 1 N–H and O–H groups in total. The van der Waals surface area contributed by atoms with Crippen LogP contribution in [0.4, 0.5) is 0 Å². The van der Waals surface area contributed by atoms with E-state index in [-0.39, 0.29) is 99.9 Å². The molecule has 2 radical (unpaired) electrons. The molecule has 13 heteroatoms. The third kappa shape index (κ3) is 23.8. The minimum Gasteiger partial charge on any atom is -0.664 e. The van der Waals surface area contributed by atoms with Crippen LogP contribution in [0.25, 0.3) is 32.2 Å². The Balaban J connectivity index is 0.000000205. The normalized spacial score (nSPS) is 18.8. The second-order valence-corrected chi connectivity index (χ2v) is 33.5. The number of ketones is 3. The first-order valence-corrected chi connectivity index (χ1v) is 38.5. The molecular formula is C89H112Ir2N4NiO4PdS-4. The van der Waals surface area contributed by atoms with Crippen LogP contribution in [0.2, 0.25) is 0 Å². The molecule has 5 heterocycles. The molecule has 0 bridgehead atoms. The van der Waals surface area contributed by atoms with Gasteiger partial charge in [0.15, 0.2) is 5.78 Å². The molecule has 6 aliphatic rings. The monoisotopic (exact) mass is 1880 g/mol. The number of fused-ring (bicyclic) bond motifs is 3. The summed E-state index contributed by atoms with van der Waals surface area (Å²) >= 11 is 1.90. The molecule has 6 saturated carbocycles. The second-order valence-electron chi connectivity index (χ2n) is 32.3. The van der Waals surface area contributed by atoms with Crippen LogP contribution in [0, 0.1) is 50.7 Å². The molecular weight excluding hydrogens is 1770 g/mol. The van der Waals surface area contributed by atoms with Crippen molar-refractivity contribution in [1.82, 2.24) is 19.9 Å². The maximum atomic E-state index is 12.6. The summed E-state index contributed by atoms with van der Waals surface area (Å²) in [6, 6.07) is 45.2. The van der Waals surface area contributed by atoms with Crippen LogP contribution in [0.3, 0.4) is 0 Å². The number of aliphatic hydroxyl groups excluding tert-OH is 1. The number of aliphatic hydroxyl groups is 1. The Kier molecular flexibility index (Phi) is 33.9. The average Bonchev–Trinajstić information content (AvgIpc) is 1.21. The molecule has 14 rings (SSSR count). The topological polar surface area (TPSA) is 124 Å². The number of benzene rings is 3. The standard InChI is InChI=1S/C23H30NS.C21H24NO.C21H22N.C19H28NO.C5H8O2.2Ir.Ni.Pd/c1-22(10-3-4-11-22)16-18-9-14-24-20(15-18)21-8-7-19(25-21)17-23(2)12-5-6-13-23;1-16(21(2)12-5-3-6-13-21)17-9-8-10-18(15-17)20(23)19-11-4-7-14-22-19;1-2-21(12-5-6-13-21)15-17-11-14-22-20-18-8-4-3-7-16(18)9-10-19(17)20;1-18(9-3-4-10-18)14-16-8-7-15(20-16)13-17(21)19(2)11-5-6-12-19;1-4(6)3-5(2)7;;;;/h7,9,14-15H,3-6,10-13,16-17H2,1-2H3;4,7-9,11,14-16H,3,5-6,12-13H2,1-2H3;3-4,7,9-11,14H,2,5-6,12-13,15H2,1H3;7-8H,3-6,9-14H2,1-2H3;3,6H,1-2H3;;;;/q4*-1;;;;;. The van der Waals surface area contributed by atoms with E-state index in [1.165, 1.54) is 236 Å². The molecule has 1 unspecified atom stereocenters. The van der Waals surface area contributed by atoms with Gasteiger partial charge in [-0.3, -0.25) is 14.6 Å². The molecule has 102 heavy (non-hydrogen) atoms. The molecule has 0 amide bonds. The van der Waals surface area contributed by atoms with Gasteiger partial charge >= 0.3 is 0 Å². The van der Waals surface area contributed by atoms with E-state index < -0.39 is 0 Å².